The molecule has 0 aromatic heterocycles. The summed E-state index contributed by atoms with van der Waals surface area (Å²) in [6, 6.07) is 7.41. The van der Waals surface area contributed by atoms with Gasteiger partial charge in [-0.05, 0) is 57.9 Å². The predicted octanol–water partition coefficient (Wildman–Crippen LogP) is 4.08. The molecule has 0 radical (unpaired) electrons. The van der Waals surface area contributed by atoms with E-state index in [0.29, 0.717) is 0 Å². The second-order valence-corrected chi connectivity index (χ2v) is 7.57. The Hall–Kier alpha value is -1.22. The molecule has 0 atom stereocenters. The van der Waals surface area contributed by atoms with Crippen LogP contribution in [0.3, 0.4) is 0 Å². The molecule has 1 aromatic rings. The fourth-order valence-electron chi connectivity index (χ4n) is 3.61. The van der Waals surface area contributed by atoms with Crippen molar-refractivity contribution in [2.45, 2.75) is 64.0 Å². The fourth-order valence-corrected chi connectivity index (χ4v) is 3.61. The van der Waals surface area contributed by atoms with Crippen molar-refractivity contribution < 1.29 is 4.74 Å². The maximum atomic E-state index is 6.02. The SMILES string of the molecule is CN(CCc1ccc2c(c1)NCC(C)(C)O2)C1CCCCC1. The number of nitrogens with one attached hydrogen (secondary N) is 1. The topological polar surface area (TPSA) is 24.5 Å². The van der Waals surface area contributed by atoms with E-state index in [9.17, 15) is 0 Å². The minimum Gasteiger partial charge on any atom is -0.484 e. The number of hydrogen-bond acceptors (Lipinski definition) is 3. The molecule has 0 saturated heterocycles. The second kappa shape index (κ2) is 6.49. The Morgan fingerprint density at radius 1 is 1.23 bits per heavy atom. The maximum absolute atomic E-state index is 6.02. The molecule has 1 N–H and O–H groups in total. The van der Waals surface area contributed by atoms with Crippen LogP contribution in [-0.2, 0) is 6.42 Å². The van der Waals surface area contributed by atoms with E-state index in [4.69, 9.17) is 4.74 Å². The van der Waals surface area contributed by atoms with E-state index in [1.54, 1.807) is 0 Å². The molecular formula is C19H30N2O. The van der Waals surface area contributed by atoms with Crippen molar-refractivity contribution in [3.8, 4) is 5.75 Å². The number of ether oxygens (including phenoxy) is 1. The highest BCUT2D eigenvalue weighted by Gasteiger charge is 2.26. The van der Waals surface area contributed by atoms with Gasteiger partial charge in [0, 0.05) is 12.6 Å². The first-order chi connectivity index (χ1) is 10.5. The molecule has 3 rings (SSSR count). The van der Waals surface area contributed by atoms with Crippen LogP contribution < -0.4 is 10.1 Å². The Bertz CT molecular complexity index is 506. The number of rotatable bonds is 4. The van der Waals surface area contributed by atoms with E-state index < -0.39 is 0 Å². The van der Waals surface area contributed by atoms with Crippen LogP contribution in [-0.4, -0.2) is 36.7 Å². The van der Waals surface area contributed by atoms with E-state index in [1.807, 2.05) is 0 Å². The van der Waals surface area contributed by atoms with Crippen LogP contribution in [0.4, 0.5) is 5.69 Å². The molecule has 1 aromatic carbocycles. The first-order valence-electron chi connectivity index (χ1n) is 8.80. The van der Waals surface area contributed by atoms with E-state index in [-0.39, 0.29) is 5.60 Å². The molecule has 0 amide bonds. The Morgan fingerprint density at radius 2 is 2.00 bits per heavy atom. The molecule has 0 bridgehead atoms. The molecule has 122 valence electrons. The summed E-state index contributed by atoms with van der Waals surface area (Å²) in [7, 11) is 2.29. The fraction of sp³-hybridized carbons (Fsp3) is 0.684. The van der Waals surface area contributed by atoms with Gasteiger partial charge < -0.3 is 15.0 Å². The van der Waals surface area contributed by atoms with Crippen LogP contribution in [0.1, 0.15) is 51.5 Å². The highest BCUT2D eigenvalue weighted by molar-refractivity contribution is 5.60. The lowest BCUT2D eigenvalue weighted by atomic mass is 9.94. The molecular weight excluding hydrogens is 272 g/mol. The number of likely N-dealkylation sites (N-methyl/N-ethyl adjacent to an activating group) is 1. The lowest BCUT2D eigenvalue weighted by Crippen LogP contribution is -2.40. The summed E-state index contributed by atoms with van der Waals surface area (Å²) < 4.78 is 6.02. The molecule has 1 heterocycles. The number of hydrogen-bond donors (Lipinski definition) is 1. The van der Waals surface area contributed by atoms with E-state index in [0.717, 1.165) is 37.0 Å². The van der Waals surface area contributed by atoms with Crippen LogP contribution in [0.25, 0.3) is 0 Å². The molecule has 3 nitrogen and oxygen atoms in total. The normalized spacial score (nSPS) is 21.1. The van der Waals surface area contributed by atoms with Crippen molar-refractivity contribution in [1.82, 2.24) is 4.90 Å². The second-order valence-electron chi connectivity index (χ2n) is 7.57. The molecule has 1 aliphatic heterocycles. The predicted molar refractivity (Wildman–Crippen MR) is 92.8 cm³/mol. The summed E-state index contributed by atoms with van der Waals surface area (Å²) in [5.41, 5.74) is 2.43. The van der Waals surface area contributed by atoms with Crippen LogP contribution in [0, 0.1) is 0 Å². The number of fused-ring (bicyclic) bond motifs is 1. The van der Waals surface area contributed by atoms with Gasteiger partial charge in [0.15, 0.2) is 0 Å². The largest absolute Gasteiger partial charge is 0.484 e. The Labute approximate surface area is 135 Å². The van der Waals surface area contributed by atoms with Crippen molar-refractivity contribution in [2.24, 2.45) is 0 Å². The zero-order valence-corrected chi connectivity index (χ0v) is 14.3. The minimum atomic E-state index is -0.115. The number of benzene rings is 1. The standard InChI is InChI=1S/C19H30N2O/c1-19(2)14-20-17-13-15(9-10-18(17)22-19)11-12-21(3)16-7-5-4-6-8-16/h9-10,13,16,20H,4-8,11-12,14H2,1-3H3. The Morgan fingerprint density at radius 3 is 2.77 bits per heavy atom. The lowest BCUT2D eigenvalue weighted by Gasteiger charge is -2.34. The van der Waals surface area contributed by atoms with Crippen LogP contribution >= 0.6 is 0 Å². The van der Waals surface area contributed by atoms with Gasteiger partial charge in [-0.2, -0.15) is 0 Å². The van der Waals surface area contributed by atoms with Gasteiger partial charge in [0.2, 0.25) is 0 Å². The highest BCUT2D eigenvalue weighted by atomic mass is 16.5. The maximum Gasteiger partial charge on any atom is 0.143 e. The summed E-state index contributed by atoms with van der Waals surface area (Å²) in [5.74, 6) is 0.987. The number of anilines is 1. The first-order valence-corrected chi connectivity index (χ1v) is 8.80. The average Bonchev–Trinajstić information content (AvgIpc) is 2.52. The monoisotopic (exact) mass is 302 g/mol. The van der Waals surface area contributed by atoms with Crippen molar-refractivity contribution >= 4 is 5.69 Å². The molecule has 1 aliphatic carbocycles. The smallest absolute Gasteiger partial charge is 0.143 e. The quantitative estimate of drug-likeness (QED) is 0.907. The van der Waals surface area contributed by atoms with Gasteiger partial charge in [0.1, 0.15) is 11.4 Å². The molecule has 2 aliphatic rings. The van der Waals surface area contributed by atoms with Crippen molar-refractivity contribution in [3.05, 3.63) is 23.8 Å². The van der Waals surface area contributed by atoms with Crippen LogP contribution in [0.2, 0.25) is 0 Å². The zero-order valence-electron chi connectivity index (χ0n) is 14.3. The first kappa shape index (κ1) is 15.7. The van der Waals surface area contributed by atoms with Crippen LogP contribution in [0.5, 0.6) is 5.75 Å². The zero-order chi connectivity index (χ0) is 15.6. The summed E-state index contributed by atoms with van der Waals surface area (Å²) in [4.78, 5) is 2.56. The van der Waals surface area contributed by atoms with Gasteiger partial charge in [0.25, 0.3) is 0 Å². The molecule has 1 fully saturated rings. The van der Waals surface area contributed by atoms with Crippen molar-refractivity contribution in [1.29, 1.82) is 0 Å². The van der Waals surface area contributed by atoms with Gasteiger partial charge in [0.05, 0.1) is 12.2 Å². The highest BCUT2D eigenvalue weighted by Crippen LogP contribution is 2.33. The van der Waals surface area contributed by atoms with E-state index >= 15 is 0 Å². The van der Waals surface area contributed by atoms with Gasteiger partial charge in [-0.3, -0.25) is 0 Å². The average molecular weight is 302 g/mol. The minimum absolute atomic E-state index is 0.115. The Kier molecular flexibility index (Phi) is 4.62. The summed E-state index contributed by atoms with van der Waals surface area (Å²) in [5, 5.41) is 3.51. The molecule has 0 unspecified atom stereocenters. The third kappa shape index (κ3) is 3.75. The third-order valence-electron chi connectivity index (χ3n) is 5.09. The molecule has 0 spiro atoms. The lowest BCUT2D eigenvalue weighted by molar-refractivity contribution is 0.116. The molecule has 1 saturated carbocycles. The van der Waals surface area contributed by atoms with Crippen molar-refractivity contribution in [3.63, 3.8) is 0 Å². The van der Waals surface area contributed by atoms with Gasteiger partial charge in [-0.15, -0.1) is 0 Å². The van der Waals surface area contributed by atoms with Crippen molar-refractivity contribution in [2.75, 3.05) is 25.5 Å². The molecule has 22 heavy (non-hydrogen) atoms. The third-order valence-corrected chi connectivity index (χ3v) is 5.09. The Balaban J connectivity index is 1.57. The van der Waals surface area contributed by atoms with Gasteiger partial charge in [-0.1, -0.05) is 25.3 Å². The van der Waals surface area contributed by atoms with Gasteiger partial charge >= 0.3 is 0 Å². The van der Waals surface area contributed by atoms with E-state index in [1.165, 1.54) is 37.7 Å². The van der Waals surface area contributed by atoms with Gasteiger partial charge in [-0.25, -0.2) is 0 Å². The summed E-state index contributed by atoms with van der Waals surface area (Å²) in [6.07, 6.45) is 8.12. The summed E-state index contributed by atoms with van der Waals surface area (Å²) in [6.45, 7) is 6.26. The summed E-state index contributed by atoms with van der Waals surface area (Å²) >= 11 is 0. The van der Waals surface area contributed by atoms with Crippen LogP contribution in [0.15, 0.2) is 18.2 Å². The van der Waals surface area contributed by atoms with E-state index in [2.05, 4.69) is 49.3 Å². The molecule has 3 heteroatoms. The number of nitrogens with zero attached hydrogens (tertiary/aromatic N) is 1.